The number of rotatable bonds is 8. The molecule has 1 heterocycles. The molecule has 7 nitrogen and oxygen atoms in total. The molecule has 1 saturated heterocycles. The molecule has 0 bridgehead atoms. The molecule has 1 aliphatic heterocycles. The van der Waals surface area contributed by atoms with Gasteiger partial charge in [0.15, 0.2) is 0 Å². The molecular weight excluding hydrogens is 388 g/mol. The number of nitrogens with one attached hydrogen (secondary N) is 1. The van der Waals surface area contributed by atoms with E-state index in [2.05, 4.69) is 39.4 Å². The maximum Gasteiger partial charge on any atom is 0.269 e. The third kappa shape index (κ3) is 6.20. The lowest BCUT2D eigenvalue weighted by atomic mass is 10.2. The number of nitrogens with zero attached hydrogens (tertiary/aromatic N) is 3. The third-order valence-corrected chi connectivity index (χ3v) is 6.06. The van der Waals surface area contributed by atoms with Crippen molar-refractivity contribution in [2.45, 2.75) is 17.1 Å². The summed E-state index contributed by atoms with van der Waals surface area (Å²) in [4.78, 5) is 28.2. The zero-order valence-corrected chi connectivity index (χ0v) is 17.3. The van der Waals surface area contributed by atoms with Gasteiger partial charge in [0.2, 0.25) is 5.91 Å². The number of nitro groups is 1. The standard InChI is InChI=1S/C21H26N4O3S/c1-17(29-20-9-7-19(8-10-20)25(27)28)21(26)22-11-12-23-13-15-24(16-14-23)18-5-3-2-4-6-18/h2-10,17H,11-16H2,1H3,(H,22,26). The van der Waals surface area contributed by atoms with Crippen LogP contribution in [-0.2, 0) is 4.79 Å². The highest BCUT2D eigenvalue weighted by Crippen LogP contribution is 2.25. The fraction of sp³-hybridized carbons (Fsp3) is 0.381. The van der Waals surface area contributed by atoms with Crippen LogP contribution in [0, 0.1) is 10.1 Å². The molecule has 1 amide bonds. The Kier molecular flexibility index (Phi) is 7.48. The Balaban J connectivity index is 1.36. The summed E-state index contributed by atoms with van der Waals surface area (Å²) in [6.07, 6.45) is 0. The van der Waals surface area contributed by atoms with E-state index in [-0.39, 0.29) is 16.8 Å². The number of nitro benzene ring substituents is 1. The number of amides is 1. The van der Waals surface area contributed by atoms with Gasteiger partial charge in [0.25, 0.3) is 5.69 Å². The Morgan fingerprint density at radius 3 is 2.38 bits per heavy atom. The topological polar surface area (TPSA) is 78.7 Å². The second-order valence-electron chi connectivity index (χ2n) is 6.97. The monoisotopic (exact) mass is 414 g/mol. The summed E-state index contributed by atoms with van der Waals surface area (Å²) in [6.45, 7) is 7.25. The van der Waals surface area contributed by atoms with E-state index in [1.54, 1.807) is 12.1 Å². The van der Waals surface area contributed by atoms with Gasteiger partial charge in [-0.05, 0) is 31.2 Å². The van der Waals surface area contributed by atoms with Crippen LogP contribution in [0.4, 0.5) is 11.4 Å². The molecule has 1 fully saturated rings. The number of anilines is 1. The van der Waals surface area contributed by atoms with Gasteiger partial charge in [-0.2, -0.15) is 0 Å². The molecule has 1 unspecified atom stereocenters. The van der Waals surface area contributed by atoms with Crippen molar-refractivity contribution in [3.8, 4) is 0 Å². The van der Waals surface area contributed by atoms with Crippen molar-refractivity contribution in [3.05, 3.63) is 64.7 Å². The Morgan fingerprint density at radius 1 is 1.10 bits per heavy atom. The van der Waals surface area contributed by atoms with E-state index < -0.39 is 4.92 Å². The average Bonchev–Trinajstić information content (AvgIpc) is 2.75. The van der Waals surface area contributed by atoms with Gasteiger partial charge in [0, 0.05) is 62.0 Å². The molecule has 154 valence electrons. The third-order valence-electron chi connectivity index (χ3n) is 4.95. The van der Waals surface area contributed by atoms with Crippen LogP contribution in [0.3, 0.4) is 0 Å². The van der Waals surface area contributed by atoms with Crippen LogP contribution in [0.1, 0.15) is 6.92 Å². The molecular formula is C21H26N4O3S. The fourth-order valence-electron chi connectivity index (χ4n) is 3.25. The van der Waals surface area contributed by atoms with Crippen LogP contribution >= 0.6 is 11.8 Å². The summed E-state index contributed by atoms with van der Waals surface area (Å²) in [5.41, 5.74) is 1.32. The van der Waals surface area contributed by atoms with Crippen LogP contribution in [0.15, 0.2) is 59.5 Å². The van der Waals surface area contributed by atoms with Gasteiger partial charge < -0.3 is 10.2 Å². The van der Waals surface area contributed by atoms with Crippen molar-refractivity contribution in [2.24, 2.45) is 0 Å². The normalized spacial score (nSPS) is 15.7. The van der Waals surface area contributed by atoms with Crippen molar-refractivity contribution in [2.75, 3.05) is 44.2 Å². The van der Waals surface area contributed by atoms with E-state index in [1.165, 1.54) is 29.6 Å². The largest absolute Gasteiger partial charge is 0.369 e. The van der Waals surface area contributed by atoms with Gasteiger partial charge in [-0.3, -0.25) is 19.8 Å². The number of hydrogen-bond acceptors (Lipinski definition) is 6. The van der Waals surface area contributed by atoms with Crippen LogP contribution < -0.4 is 10.2 Å². The summed E-state index contributed by atoms with van der Waals surface area (Å²) >= 11 is 1.40. The predicted octanol–water partition coefficient (Wildman–Crippen LogP) is 3.01. The number of thioether (sulfide) groups is 1. The molecule has 1 atom stereocenters. The van der Waals surface area contributed by atoms with E-state index in [0.717, 1.165) is 37.6 Å². The lowest BCUT2D eigenvalue weighted by molar-refractivity contribution is -0.384. The molecule has 3 rings (SSSR count). The van der Waals surface area contributed by atoms with E-state index in [4.69, 9.17) is 0 Å². The van der Waals surface area contributed by atoms with Crippen LogP contribution in [0.2, 0.25) is 0 Å². The molecule has 2 aromatic rings. The molecule has 1 N–H and O–H groups in total. The smallest absolute Gasteiger partial charge is 0.269 e. The van der Waals surface area contributed by atoms with Gasteiger partial charge in [-0.25, -0.2) is 0 Å². The Morgan fingerprint density at radius 2 is 1.76 bits per heavy atom. The van der Waals surface area contributed by atoms with Gasteiger partial charge in [-0.1, -0.05) is 18.2 Å². The second-order valence-corrected chi connectivity index (χ2v) is 8.38. The summed E-state index contributed by atoms with van der Waals surface area (Å²) in [6, 6.07) is 16.7. The lowest BCUT2D eigenvalue weighted by Gasteiger charge is -2.36. The summed E-state index contributed by atoms with van der Waals surface area (Å²) in [7, 11) is 0. The maximum absolute atomic E-state index is 12.3. The summed E-state index contributed by atoms with van der Waals surface area (Å²) in [5, 5.41) is 13.5. The number of carbonyl (C=O) groups excluding carboxylic acids is 1. The van der Waals surface area contributed by atoms with Gasteiger partial charge in [0.1, 0.15) is 0 Å². The number of non-ortho nitro benzene ring substituents is 1. The molecule has 0 spiro atoms. The van der Waals surface area contributed by atoms with Crippen molar-refractivity contribution in [3.63, 3.8) is 0 Å². The molecule has 0 aliphatic carbocycles. The second kappa shape index (κ2) is 10.3. The minimum Gasteiger partial charge on any atom is -0.369 e. The highest BCUT2D eigenvalue weighted by molar-refractivity contribution is 8.00. The maximum atomic E-state index is 12.3. The van der Waals surface area contributed by atoms with Crippen molar-refractivity contribution in [1.82, 2.24) is 10.2 Å². The Hall–Kier alpha value is -2.58. The van der Waals surface area contributed by atoms with Gasteiger partial charge in [-0.15, -0.1) is 11.8 Å². The Labute approximate surface area is 175 Å². The fourth-order valence-corrected chi connectivity index (χ4v) is 4.15. The highest BCUT2D eigenvalue weighted by atomic mass is 32.2. The van der Waals surface area contributed by atoms with E-state index in [9.17, 15) is 14.9 Å². The van der Waals surface area contributed by atoms with Crippen molar-refractivity contribution < 1.29 is 9.72 Å². The quantitative estimate of drug-likeness (QED) is 0.406. The average molecular weight is 415 g/mol. The minimum atomic E-state index is -0.426. The van der Waals surface area contributed by atoms with Crippen molar-refractivity contribution >= 4 is 29.0 Å². The first-order valence-electron chi connectivity index (χ1n) is 9.74. The van der Waals surface area contributed by atoms with E-state index in [1.807, 2.05) is 13.0 Å². The molecule has 0 saturated carbocycles. The van der Waals surface area contributed by atoms with Crippen LogP contribution in [0.5, 0.6) is 0 Å². The number of hydrogen-bond donors (Lipinski definition) is 1. The van der Waals surface area contributed by atoms with E-state index in [0.29, 0.717) is 6.54 Å². The molecule has 29 heavy (non-hydrogen) atoms. The molecule has 2 aromatic carbocycles. The van der Waals surface area contributed by atoms with Gasteiger partial charge in [0.05, 0.1) is 10.2 Å². The molecule has 8 heteroatoms. The first-order chi connectivity index (χ1) is 14.0. The zero-order valence-electron chi connectivity index (χ0n) is 16.5. The lowest BCUT2D eigenvalue weighted by Crippen LogP contribution is -2.48. The van der Waals surface area contributed by atoms with Crippen LogP contribution in [0.25, 0.3) is 0 Å². The van der Waals surface area contributed by atoms with Gasteiger partial charge >= 0.3 is 0 Å². The number of piperazine rings is 1. The van der Waals surface area contributed by atoms with Crippen molar-refractivity contribution in [1.29, 1.82) is 0 Å². The first-order valence-corrected chi connectivity index (χ1v) is 10.6. The molecule has 1 aliphatic rings. The van der Waals surface area contributed by atoms with Crippen LogP contribution in [-0.4, -0.2) is 60.2 Å². The number of benzene rings is 2. The number of para-hydroxylation sites is 1. The predicted molar refractivity (Wildman–Crippen MR) is 117 cm³/mol. The number of carbonyl (C=O) groups is 1. The molecule has 0 aromatic heterocycles. The highest BCUT2D eigenvalue weighted by Gasteiger charge is 2.18. The SMILES string of the molecule is CC(Sc1ccc([N+](=O)[O-])cc1)C(=O)NCCN1CCN(c2ccccc2)CC1. The van der Waals surface area contributed by atoms with E-state index >= 15 is 0 Å². The summed E-state index contributed by atoms with van der Waals surface area (Å²) in [5.74, 6) is -0.0173. The zero-order chi connectivity index (χ0) is 20.6. The first kappa shape index (κ1) is 21.1. The molecule has 0 radical (unpaired) electrons. The summed E-state index contributed by atoms with van der Waals surface area (Å²) < 4.78 is 0. The minimum absolute atomic E-state index is 0.0173. The Bertz CT molecular complexity index is 808.